The molecule has 1 aliphatic carbocycles. The molecule has 0 spiro atoms. The summed E-state index contributed by atoms with van der Waals surface area (Å²) in [5.41, 5.74) is 3.06. The number of carbonyl (C=O) groups is 1. The Hall–Kier alpha value is -3.18. The van der Waals surface area contributed by atoms with Crippen LogP contribution in [0, 0.1) is 17.2 Å². The lowest BCUT2D eigenvalue weighted by Gasteiger charge is -2.41. The minimum absolute atomic E-state index is 0.0853. The second kappa shape index (κ2) is 25.7. The smallest absolute Gasteiger partial charge is 0.318 e. The zero-order valence-corrected chi connectivity index (χ0v) is 33.1. The molecule has 2 atom stereocenters. The first-order valence-corrected chi connectivity index (χ1v) is 19.4. The number of ether oxygens (including phenoxy) is 1. The van der Waals surface area contributed by atoms with E-state index in [2.05, 4.69) is 52.2 Å². The fraction of sp³-hybridized carbons (Fsp3) is 0.659. The van der Waals surface area contributed by atoms with Crippen LogP contribution >= 0.6 is 11.6 Å². The van der Waals surface area contributed by atoms with E-state index in [1.807, 2.05) is 38.1 Å². The fourth-order valence-corrected chi connectivity index (χ4v) is 6.20. The van der Waals surface area contributed by atoms with Crippen molar-refractivity contribution in [2.75, 3.05) is 31.6 Å². The van der Waals surface area contributed by atoms with Gasteiger partial charge < -0.3 is 14.5 Å². The monoisotopic (exact) mass is 713 g/mol. The number of benzene rings is 1. The van der Waals surface area contributed by atoms with Gasteiger partial charge in [0.2, 0.25) is 0 Å². The number of aryl methyl sites for hydroxylation is 1. The van der Waals surface area contributed by atoms with E-state index < -0.39 is 17.8 Å². The molecule has 1 saturated heterocycles. The van der Waals surface area contributed by atoms with Gasteiger partial charge in [0, 0.05) is 30.2 Å². The van der Waals surface area contributed by atoms with E-state index in [0.29, 0.717) is 13.1 Å². The number of hydrogen-bond donors (Lipinski definition) is 0. The summed E-state index contributed by atoms with van der Waals surface area (Å²) in [7, 11) is 1.54. The normalized spacial score (nSPS) is 15.8. The molecule has 7 nitrogen and oxygen atoms in total. The Kier molecular flexibility index (Phi) is 23.1. The lowest BCUT2D eigenvalue weighted by atomic mass is 9.88. The predicted octanol–water partition coefficient (Wildman–Crippen LogP) is 11.1. The van der Waals surface area contributed by atoms with Gasteiger partial charge in [-0.25, -0.2) is 4.39 Å². The third kappa shape index (κ3) is 15.0. The summed E-state index contributed by atoms with van der Waals surface area (Å²) in [5, 5.41) is 10.1. The Labute approximate surface area is 308 Å². The van der Waals surface area contributed by atoms with Crippen LogP contribution in [0.25, 0.3) is 0 Å². The molecule has 4 rings (SSSR count). The number of anilines is 1. The Balaban J connectivity index is 0.000000746. The Morgan fingerprint density at radius 2 is 1.72 bits per heavy atom. The van der Waals surface area contributed by atoms with Crippen LogP contribution in [0.2, 0.25) is 5.02 Å². The molecule has 50 heavy (non-hydrogen) atoms. The number of halogens is 2. The number of hydrogen-bond acceptors (Lipinski definition) is 6. The van der Waals surface area contributed by atoms with Crippen LogP contribution in [0.5, 0.6) is 6.01 Å². The van der Waals surface area contributed by atoms with E-state index in [-0.39, 0.29) is 24.9 Å². The minimum Gasteiger partial charge on any atom is -0.467 e. The number of nitrogens with zero attached hydrogens (tertiary/aromatic N) is 5. The highest BCUT2D eigenvalue weighted by molar-refractivity contribution is 6.31. The number of piperazine rings is 1. The van der Waals surface area contributed by atoms with Gasteiger partial charge in [0.05, 0.1) is 31.3 Å². The lowest BCUT2D eigenvalue weighted by Crippen LogP contribution is -2.55. The van der Waals surface area contributed by atoms with Crippen LogP contribution in [0.3, 0.4) is 0 Å². The summed E-state index contributed by atoms with van der Waals surface area (Å²) in [6.07, 6.45) is 14.9. The maximum Gasteiger partial charge on any atom is 0.318 e. The molecule has 2 fully saturated rings. The van der Waals surface area contributed by atoms with E-state index in [4.69, 9.17) is 26.3 Å². The SMILES string of the molecule is C=C(F)C(=O)N1CCN(c2nc(OC)nc(C(C)CCc3ccccc3Cl)c2CCC)CC1CC#N.CC.CC1CCC1.CCCCCCC. The Morgan fingerprint density at radius 3 is 2.22 bits per heavy atom. The van der Waals surface area contributed by atoms with Gasteiger partial charge in [0.25, 0.3) is 5.91 Å². The summed E-state index contributed by atoms with van der Waals surface area (Å²) in [6, 6.07) is 9.77. The van der Waals surface area contributed by atoms with Gasteiger partial charge in [-0.2, -0.15) is 15.2 Å². The maximum absolute atomic E-state index is 13.6. The molecule has 2 aliphatic rings. The van der Waals surface area contributed by atoms with Gasteiger partial charge in [0.1, 0.15) is 5.82 Å². The number of unbranched alkanes of at least 4 members (excludes halogenated alkanes) is 4. The first-order valence-electron chi connectivity index (χ1n) is 19.1. The van der Waals surface area contributed by atoms with Gasteiger partial charge in [-0.1, -0.05) is 143 Å². The highest BCUT2D eigenvalue weighted by atomic mass is 35.5. The highest BCUT2D eigenvalue weighted by Crippen LogP contribution is 2.34. The molecule has 1 saturated carbocycles. The topological polar surface area (TPSA) is 82.3 Å². The number of carbonyl (C=O) groups excluding carboxylic acids is 1. The van der Waals surface area contributed by atoms with Gasteiger partial charge in [-0.05, 0) is 42.7 Å². The molecule has 0 N–H and O–H groups in total. The van der Waals surface area contributed by atoms with Crippen molar-refractivity contribution in [2.45, 2.75) is 144 Å². The second-order valence-corrected chi connectivity index (χ2v) is 13.5. The van der Waals surface area contributed by atoms with Gasteiger partial charge in [-0.3, -0.25) is 4.79 Å². The van der Waals surface area contributed by atoms with Crippen molar-refractivity contribution in [3.63, 3.8) is 0 Å². The van der Waals surface area contributed by atoms with Gasteiger partial charge >= 0.3 is 6.01 Å². The maximum atomic E-state index is 13.6. The van der Waals surface area contributed by atoms with Crippen molar-refractivity contribution in [3.05, 3.63) is 58.5 Å². The summed E-state index contributed by atoms with van der Waals surface area (Å²) < 4.78 is 19.1. The molecule has 1 aromatic carbocycles. The first-order chi connectivity index (χ1) is 24.1. The van der Waals surface area contributed by atoms with E-state index in [1.165, 1.54) is 56.3 Å². The van der Waals surface area contributed by atoms with E-state index in [0.717, 1.165) is 59.3 Å². The van der Waals surface area contributed by atoms with E-state index in [9.17, 15) is 14.4 Å². The van der Waals surface area contributed by atoms with Crippen LogP contribution in [0.1, 0.15) is 142 Å². The molecule has 1 aromatic heterocycles. The number of aromatic nitrogens is 2. The zero-order valence-electron chi connectivity index (χ0n) is 32.4. The van der Waals surface area contributed by atoms with Crippen molar-refractivity contribution in [3.8, 4) is 12.1 Å². The second-order valence-electron chi connectivity index (χ2n) is 13.1. The summed E-state index contributed by atoms with van der Waals surface area (Å²) in [5.74, 6) is 0.146. The van der Waals surface area contributed by atoms with Crippen LogP contribution < -0.4 is 9.64 Å². The average Bonchev–Trinajstić information content (AvgIpc) is 3.11. The van der Waals surface area contributed by atoms with Crippen molar-refractivity contribution < 1.29 is 13.9 Å². The van der Waals surface area contributed by atoms with Crippen LogP contribution in [-0.2, 0) is 17.6 Å². The molecule has 2 unspecified atom stereocenters. The van der Waals surface area contributed by atoms with Gasteiger partial charge in [-0.15, -0.1) is 0 Å². The summed E-state index contributed by atoms with van der Waals surface area (Å²) in [6.45, 7) is 19.3. The summed E-state index contributed by atoms with van der Waals surface area (Å²) >= 11 is 6.37. The third-order valence-electron chi connectivity index (χ3n) is 9.15. The predicted molar refractivity (Wildman–Crippen MR) is 208 cm³/mol. The minimum atomic E-state index is -1.02. The number of rotatable bonds is 14. The largest absolute Gasteiger partial charge is 0.467 e. The fourth-order valence-electron chi connectivity index (χ4n) is 5.97. The molecular formula is C41H65ClFN5O2. The van der Waals surface area contributed by atoms with Crippen molar-refractivity contribution >= 4 is 23.3 Å². The van der Waals surface area contributed by atoms with Crippen molar-refractivity contribution in [2.24, 2.45) is 5.92 Å². The third-order valence-corrected chi connectivity index (χ3v) is 9.52. The molecular weight excluding hydrogens is 649 g/mol. The van der Waals surface area contributed by atoms with Crippen LogP contribution in [0.15, 0.2) is 36.7 Å². The number of amides is 1. The highest BCUT2D eigenvalue weighted by Gasteiger charge is 2.34. The van der Waals surface area contributed by atoms with Crippen LogP contribution in [-0.4, -0.2) is 53.6 Å². The number of nitriles is 1. The molecule has 2 aromatic rings. The molecule has 9 heteroatoms. The standard InChI is InChI=1S/C27H33ClFN5O2.C7H16.C5H10.C2H6/c1-5-8-22-24(18(2)11-12-20-9-6-7-10-23(20)28)31-27(36-4)32-25(22)33-15-16-34(26(35)19(3)29)21(17-33)13-14-30;1-3-5-7-6-4-2;1-5-3-2-4-5;1-2/h6-7,9-10,18,21H,3,5,8,11-13,15-17H2,1-2,4H3;3-7H2,1-2H3;5H,2-4H2,1H3;1-2H3. The molecule has 2 heterocycles. The van der Waals surface area contributed by atoms with E-state index >= 15 is 0 Å². The van der Waals surface area contributed by atoms with Crippen molar-refractivity contribution in [1.29, 1.82) is 5.26 Å². The quantitative estimate of drug-likeness (QED) is 0.143. The Morgan fingerprint density at radius 1 is 1.08 bits per heavy atom. The molecule has 280 valence electrons. The Bertz CT molecular complexity index is 1310. The summed E-state index contributed by atoms with van der Waals surface area (Å²) in [4.78, 5) is 25.2. The number of methoxy groups -OCH3 is 1. The average molecular weight is 714 g/mol. The molecule has 1 aliphatic heterocycles. The van der Waals surface area contributed by atoms with Crippen LogP contribution in [0.4, 0.5) is 10.2 Å². The molecule has 0 radical (unpaired) electrons. The lowest BCUT2D eigenvalue weighted by molar-refractivity contribution is -0.131. The van der Waals surface area contributed by atoms with Crippen molar-refractivity contribution in [1.82, 2.24) is 14.9 Å². The zero-order chi connectivity index (χ0) is 37.5. The first kappa shape index (κ1) is 44.8. The molecule has 1 amide bonds. The van der Waals surface area contributed by atoms with E-state index in [1.54, 1.807) is 7.11 Å². The molecule has 0 bridgehead atoms. The van der Waals surface area contributed by atoms with Gasteiger partial charge in [0.15, 0.2) is 5.83 Å².